The molecule has 1 fully saturated rings. The van der Waals surface area contributed by atoms with Crippen LogP contribution in [0.4, 0.5) is 0 Å². The summed E-state index contributed by atoms with van der Waals surface area (Å²) in [5.74, 6) is 1.01. The van der Waals surface area contributed by atoms with Gasteiger partial charge < -0.3 is 25.3 Å². The summed E-state index contributed by atoms with van der Waals surface area (Å²) < 4.78 is 16.7. The summed E-state index contributed by atoms with van der Waals surface area (Å²) in [7, 11) is 1.62. The number of nitrogens with one attached hydrogen (secondary N) is 1. The van der Waals surface area contributed by atoms with Crippen LogP contribution < -0.4 is 20.5 Å². The molecule has 0 spiro atoms. The Morgan fingerprint density at radius 3 is 2.87 bits per heavy atom. The van der Waals surface area contributed by atoms with Crippen LogP contribution in [0.15, 0.2) is 18.2 Å². The second-order valence-electron chi connectivity index (χ2n) is 5.32. The molecular weight excluding hydrogens is 298 g/mol. The Hall–Kier alpha value is -1.83. The first-order chi connectivity index (χ1) is 11.2. The monoisotopic (exact) mass is 323 g/mol. The van der Waals surface area contributed by atoms with Crippen molar-refractivity contribution in [1.29, 1.82) is 0 Å². The predicted molar refractivity (Wildman–Crippen MR) is 86.6 cm³/mol. The van der Waals surface area contributed by atoms with Crippen molar-refractivity contribution < 1.29 is 19.0 Å². The van der Waals surface area contributed by atoms with Crippen LogP contribution in [0.5, 0.6) is 11.5 Å². The molecule has 0 radical (unpaired) electrons. The lowest BCUT2D eigenvalue weighted by molar-refractivity contribution is -0.117. The van der Waals surface area contributed by atoms with E-state index in [0.717, 1.165) is 38.4 Å². The number of methoxy groups -OCH3 is 1. The maximum Gasteiger partial charge on any atom is 0.231 e. The van der Waals surface area contributed by atoms with Gasteiger partial charge in [0.15, 0.2) is 11.5 Å². The van der Waals surface area contributed by atoms with Gasteiger partial charge in [-0.3, -0.25) is 9.69 Å². The molecule has 1 aliphatic rings. The summed E-state index contributed by atoms with van der Waals surface area (Å²) >= 11 is 0. The number of carbonyl (C=O) groups is 1. The second-order valence-corrected chi connectivity index (χ2v) is 5.32. The Morgan fingerprint density at radius 2 is 2.17 bits per heavy atom. The van der Waals surface area contributed by atoms with E-state index in [1.165, 1.54) is 0 Å². The number of hydrogen-bond donors (Lipinski definition) is 2. The molecule has 1 amide bonds. The Kier molecular flexibility index (Phi) is 7.12. The molecule has 0 aromatic heterocycles. The average Bonchev–Trinajstić information content (AvgIpc) is 2.56. The number of nitrogens with zero attached hydrogens (tertiary/aromatic N) is 1. The molecule has 7 nitrogen and oxygen atoms in total. The van der Waals surface area contributed by atoms with Crippen LogP contribution in [0.3, 0.4) is 0 Å². The van der Waals surface area contributed by atoms with Crippen LogP contribution in [-0.2, 0) is 16.1 Å². The molecule has 0 saturated carbocycles. The highest BCUT2D eigenvalue weighted by atomic mass is 16.5. The fourth-order valence-electron chi connectivity index (χ4n) is 2.45. The molecule has 1 aromatic rings. The van der Waals surface area contributed by atoms with Gasteiger partial charge in [0.1, 0.15) is 6.61 Å². The lowest BCUT2D eigenvalue weighted by atomic mass is 10.2. The van der Waals surface area contributed by atoms with Crippen LogP contribution in [0, 0.1) is 0 Å². The number of primary amides is 1. The molecular formula is C16H25N3O4. The van der Waals surface area contributed by atoms with Crippen molar-refractivity contribution in [3.05, 3.63) is 23.8 Å². The Morgan fingerprint density at radius 1 is 1.39 bits per heavy atom. The third kappa shape index (κ3) is 5.70. The molecule has 128 valence electrons. The van der Waals surface area contributed by atoms with Gasteiger partial charge in [0.05, 0.1) is 26.9 Å². The summed E-state index contributed by atoms with van der Waals surface area (Å²) in [6, 6.07) is 5.71. The van der Waals surface area contributed by atoms with Gasteiger partial charge in [-0.15, -0.1) is 0 Å². The highest BCUT2D eigenvalue weighted by molar-refractivity contribution is 5.75. The fourth-order valence-corrected chi connectivity index (χ4v) is 2.45. The minimum atomic E-state index is -0.386. The van der Waals surface area contributed by atoms with Gasteiger partial charge in [-0.2, -0.15) is 0 Å². The zero-order chi connectivity index (χ0) is 16.5. The molecule has 0 aliphatic carbocycles. The number of rotatable bonds is 9. The SMILES string of the molecule is COc1cccc(CNCC(N)=O)c1OCCN1CCOCC1. The number of carbonyl (C=O) groups excluding carboxylic acids is 1. The summed E-state index contributed by atoms with van der Waals surface area (Å²) in [5, 5.41) is 3.00. The van der Waals surface area contributed by atoms with E-state index in [1.807, 2.05) is 18.2 Å². The quantitative estimate of drug-likeness (QED) is 0.664. The maximum atomic E-state index is 10.8. The van der Waals surface area contributed by atoms with Gasteiger partial charge in [-0.25, -0.2) is 0 Å². The molecule has 1 heterocycles. The molecule has 0 atom stereocenters. The first-order valence-corrected chi connectivity index (χ1v) is 7.78. The number of ether oxygens (including phenoxy) is 3. The largest absolute Gasteiger partial charge is 0.493 e. The first kappa shape index (κ1) is 17.5. The van der Waals surface area contributed by atoms with Crippen LogP contribution in [0.2, 0.25) is 0 Å². The van der Waals surface area contributed by atoms with Gasteiger partial charge in [-0.05, 0) is 6.07 Å². The molecule has 0 unspecified atom stereocenters. The molecule has 1 aliphatic heterocycles. The highest BCUT2D eigenvalue weighted by Gasteiger charge is 2.13. The number of hydrogen-bond acceptors (Lipinski definition) is 6. The maximum absolute atomic E-state index is 10.8. The fraction of sp³-hybridized carbons (Fsp3) is 0.562. The van der Waals surface area contributed by atoms with Crippen LogP contribution in [-0.4, -0.2) is 63.9 Å². The molecule has 0 bridgehead atoms. The minimum Gasteiger partial charge on any atom is -0.493 e. The van der Waals surface area contributed by atoms with E-state index in [-0.39, 0.29) is 12.5 Å². The summed E-state index contributed by atoms with van der Waals surface area (Å²) in [6.07, 6.45) is 0. The number of amides is 1. The lowest BCUT2D eigenvalue weighted by Crippen LogP contribution is -2.38. The van der Waals surface area contributed by atoms with Crippen LogP contribution in [0.1, 0.15) is 5.56 Å². The lowest BCUT2D eigenvalue weighted by Gasteiger charge is -2.26. The van der Waals surface area contributed by atoms with Gasteiger partial charge in [0, 0.05) is 31.7 Å². The normalized spacial score (nSPS) is 15.3. The topological polar surface area (TPSA) is 86.0 Å². The molecule has 7 heteroatoms. The summed E-state index contributed by atoms with van der Waals surface area (Å²) in [6.45, 7) is 5.45. The average molecular weight is 323 g/mol. The standard InChI is InChI=1S/C16H25N3O4/c1-21-14-4-2-3-13(11-18-12-15(17)20)16(14)23-10-7-19-5-8-22-9-6-19/h2-4,18H,5-12H2,1H3,(H2,17,20). The zero-order valence-electron chi connectivity index (χ0n) is 13.5. The van der Waals surface area contributed by atoms with Crippen molar-refractivity contribution in [2.75, 3.05) is 53.1 Å². The summed E-state index contributed by atoms with van der Waals surface area (Å²) in [5.41, 5.74) is 6.08. The minimum absolute atomic E-state index is 0.129. The smallest absolute Gasteiger partial charge is 0.231 e. The third-order valence-electron chi connectivity index (χ3n) is 3.65. The van der Waals surface area contributed by atoms with Crippen molar-refractivity contribution in [2.24, 2.45) is 5.73 Å². The van der Waals surface area contributed by atoms with Crippen molar-refractivity contribution in [3.8, 4) is 11.5 Å². The Bertz CT molecular complexity index is 504. The number of benzene rings is 1. The van der Waals surface area contributed by atoms with Crippen LogP contribution in [0.25, 0.3) is 0 Å². The van der Waals surface area contributed by atoms with Gasteiger partial charge in [0.25, 0.3) is 0 Å². The van der Waals surface area contributed by atoms with Gasteiger partial charge in [0.2, 0.25) is 5.91 Å². The molecule has 2 rings (SSSR count). The van der Waals surface area contributed by atoms with Crippen molar-refractivity contribution >= 4 is 5.91 Å². The first-order valence-electron chi connectivity index (χ1n) is 7.78. The van der Waals surface area contributed by atoms with Gasteiger partial charge >= 0.3 is 0 Å². The van der Waals surface area contributed by atoms with Gasteiger partial charge in [-0.1, -0.05) is 12.1 Å². The highest BCUT2D eigenvalue weighted by Crippen LogP contribution is 2.31. The van der Waals surface area contributed by atoms with Crippen molar-refractivity contribution in [3.63, 3.8) is 0 Å². The Labute approximate surface area is 136 Å². The number of morpholine rings is 1. The van der Waals surface area contributed by atoms with E-state index in [1.54, 1.807) is 7.11 Å². The van der Waals surface area contributed by atoms with E-state index in [9.17, 15) is 4.79 Å². The third-order valence-corrected chi connectivity index (χ3v) is 3.65. The van der Waals surface area contributed by atoms with E-state index < -0.39 is 0 Å². The van der Waals surface area contributed by atoms with E-state index in [4.69, 9.17) is 19.9 Å². The zero-order valence-corrected chi connectivity index (χ0v) is 13.5. The van der Waals surface area contributed by atoms with E-state index in [2.05, 4.69) is 10.2 Å². The molecule has 1 saturated heterocycles. The predicted octanol–water partition coefficient (Wildman–Crippen LogP) is -0.0189. The molecule has 3 N–H and O–H groups in total. The van der Waals surface area contributed by atoms with E-state index >= 15 is 0 Å². The number of nitrogens with two attached hydrogens (primary N) is 1. The summed E-state index contributed by atoms with van der Waals surface area (Å²) in [4.78, 5) is 13.1. The number of para-hydroxylation sites is 1. The van der Waals surface area contributed by atoms with E-state index in [0.29, 0.717) is 24.7 Å². The second kappa shape index (κ2) is 9.34. The molecule has 23 heavy (non-hydrogen) atoms. The Balaban J connectivity index is 1.92. The molecule has 1 aromatic carbocycles. The van der Waals surface area contributed by atoms with Crippen molar-refractivity contribution in [2.45, 2.75) is 6.54 Å². The van der Waals surface area contributed by atoms with Crippen molar-refractivity contribution in [1.82, 2.24) is 10.2 Å². The van der Waals surface area contributed by atoms with Crippen LogP contribution >= 0.6 is 0 Å².